The molecule has 7 nitrogen and oxygen atoms in total. The van der Waals surface area contributed by atoms with E-state index in [-0.39, 0.29) is 12.1 Å². The number of hydrogen-bond acceptors (Lipinski definition) is 4. The van der Waals surface area contributed by atoms with Crippen LogP contribution in [0.4, 0.5) is 5.69 Å². The standard InChI is InChI=1S/C17H18ClN3O4S/c1-26(24,25)21(15-9-5-8-14(18)11-15)12-17(23)20-19-16(22)10-13-6-3-2-4-7-13/h2-9,11H,10,12H2,1H3,(H,19,22)(H,20,23). The Bertz CT molecular complexity index is 888. The van der Waals surface area contributed by atoms with E-state index in [9.17, 15) is 18.0 Å². The normalized spacial score (nSPS) is 10.8. The van der Waals surface area contributed by atoms with Crippen LogP contribution < -0.4 is 15.2 Å². The van der Waals surface area contributed by atoms with Crippen LogP contribution in [0.25, 0.3) is 0 Å². The molecule has 0 saturated carbocycles. The van der Waals surface area contributed by atoms with Gasteiger partial charge in [0.05, 0.1) is 18.4 Å². The molecule has 26 heavy (non-hydrogen) atoms. The number of benzene rings is 2. The van der Waals surface area contributed by atoms with Crippen molar-refractivity contribution >= 4 is 39.1 Å². The first-order valence-electron chi connectivity index (χ1n) is 7.60. The Morgan fingerprint density at radius 2 is 1.65 bits per heavy atom. The van der Waals surface area contributed by atoms with Gasteiger partial charge in [0.25, 0.3) is 5.91 Å². The fraction of sp³-hybridized carbons (Fsp3) is 0.176. The number of carbonyl (C=O) groups excluding carboxylic acids is 2. The zero-order chi connectivity index (χ0) is 19.2. The maximum absolute atomic E-state index is 12.1. The Morgan fingerprint density at radius 3 is 2.27 bits per heavy atom. The molecule has 9 heteroatoms. The average Bonchev–Trinajstić information content (AvgIpc) is 2.58. The van der Waals surface area contributed by atoms with Crippen LogP contribution in [0.1, 0.15) is 5.56 Å². The lowest BCUT2D eigenvalue weighted by Crippen LogP contribution is -2.48. The Hall–Kier alpha value is -2.58. The van der Waals surface area contributed by atoms with Crippen molar-refractivity contribution in [3.63, 3.8) is 0 Å². The van der Waals surface area contributed by atoms with Crippen LogP contribution in [0.3, 0.4) is 0 Å². The van der Waals surface area contributed by atoms with Gasteiger partial charge in [-0.05, 0) is 23.8 Å². The fourth-order valence-electron chi connectivity index (χ4n) is 2.17. The van der Waals surface area contributed by atoms with E-state index in [1.165, 1.54) is 12.1 Å². The Kier molecular flexibility index (Phi) is 6.59. The van der Waals surface area contributed by atoms with Gasteiger partial charge in [0.1, 0.15) is 6.54 Å². The molecule has 0 aliphatic heterocycles. The molecule has 0 unspecified atom stereocenters. The van der Waals surface area contributed by atoms with Crippen LogP contribution in [0.15, 0.2) is 54.6 Å². The summed E-state index contributed by atoms with van der Waals surface area (Å²) in [5.41, 5.74) is 5.52. The molecule has 0 bridgehead atoms. The number of nitrogens with zero attached hydrogens (tertiary/aromatic N) is 1. The average molecular weight is 396 g/mol. The number of amides is 2. The van der Waals surface area contributed by atoms with E-state index in [2.05, 4.69) is 10.9 Å². The summed E-state index contributed by atoms with van der Waals surface area (Å²) in [6.45, 7) is -0.495. The summed E-state index contributed by atoms with van der Waals surface area (Å²) in [6.07, 6.45) is 1.07. The SMILES string of the molecule is CS(=O)(=O)N(CC(=O)NNC(=O)Cc1ccccc1)c1cccc(Cl)c1. The van der Waals surface area contributed by atoms with Crippen molar-refractivity contribution in [3.8, 4) is 0 Å². The number of rotatable bonds is 6. The molecule has 0 aromatic heterocycles. The first-order valence-corrected chi connectivity index (χ1v) is 9.83. The quantitative estimate of drug-likeness (QED) is 0.724. The highest BCUT2D eigenvalue weighted by Crippen LogP contribution is 2.21. The van der Waals surface area contributed by atoms with Gasteiger partial charge in [-0.25, -0.2) is 8.42 Å². The molecule has 2 amide bonds. The maximum atomic E-state index is 12.1. The van der Waals surface area contributed by atoms with E-state index in [1.807, 2.05) is 6.07 Å². The molecule has 0 spiro atoms. The molecule has 138 valence electrons. The number of nitrogens with one attached hydrogen (secondary N) is 2. The second-order valence-electron chi connectivity index (χ2n) is 5.51. The first kappa shape index (κ1) is 19.7. The minimum atomic E-state index is -3.72. The van der Waals surface area contributed by atoms with Crippen molar-refractivity contribution < 1.29 is 18.0 Å². The third-order valence-corrected chi connectivity index (χ3v) is 4.71. The van der Waals surface area contributed by atoms with E-state index in [0.717, 1.165) is 16.1 Å². The van der Waals surface area contributed by atoms with Crippen LogP contribution in [0.2, 0.25) is 5.02 Å². The Balaban J connectivity index is 1.96. The minimum absolute atomic E-state index is 0.0885. The van der Waals surface area contributed by atoms with Crippen LogP contribution >= 0.6 is 11.6 Å². The molecule has 2 N–H and O–H groups in total. The van der Waals surface area contributed by atoms with E-state index >= 15 is 0 Å². The lowest BCUT2D eigenvalue weighted by molar-refractivity contribution is -0.127. The summed E-state index contributed by atoms with van der Waals surface area (Å²) < 4.78 is 24.8. The largest absolute Gasteiger partial charge is 0.273 e. The summed E-state index contributed by atoms with van der Waals surface area (Å²) >= 11 is 5.88. The summed E-state index contributed by atoms with van der Waals surface area (Å²) in [6, 6.07) is 15.1. The summed E-state index contributed by atoms with van der Waals surface area (Å²) in [5, 5.41) is 0.340. The molecule has 0 radical (unpaired) electrons. The fourth-order valence-corrected chi connectivity index (χ4v) is 3.20. The van der Waals surface area contributed by atoms with Gasteiger partial charge in [0, 0.05) is 5.02 Å². The smallest absolute Gasteiger partial charge is 0.259 e. The molecule has 2 aromatic rings. The summed E-state index contributed by atoms with van der Waals surface area (Å²) in [5.74, 6) is -1.10. The van der Waals surface area contributed by atoms with E-state index < -0.39 is 28.4 Å². The third kappa shape index (κ3) is 6.05. The van der Waals surface area contributed by atoms with Gasteiger partial charge in [-0.15, -0.1) is 0 Å². The lowest BCUT2D eigenvalue weighted by atomic mass is 10.1. The van der Waals surface area contributed by atoms with Crippen molar-refractivity contribution in [1.29, 1.82) is 0 Å². The molecule has 0 atom stereocenters. The van der Waals surface area contributed by atoms with E-state index in [1.54, 1.807) is 36.4 Å². The Labute approximate surface area is 157 Å². The van der Waals surface area contributed by atoms with Crippen molar-refractivity contribution in [3.05, 3.63) is 65.2 Å². The highest BCUT2D eigenvalue weighted by Gasteiger charge is 2.21. The number of anilines is 1. The molecule has 0 heterocycles. The van der Waals surface area contributed by atoms with Crippen LogP contribution in [-0.4, -0.2) is 33.0 Å². The van der Waals surface area contributed by atoms with Gasteiger partial charge in [-0.2, -0.15) is 0 Å². The number of carbonyl (C=O) groups is 2. The number of halogens is 1. The zero-order valence-electron chi connectivity index (χ0n) is 14.0. The third-order valence-electron chi connectivity index (χ3n) is 3.33. The molecule has 0 fully saturated rings. The van der Waals surface area contributed by atoms with Gasteiger partial charge in [0.2, 0.25) is 15.9 Å². The molecule has 0 saturated heterocycles. The van der Waals surface area contributed by atoms with Crippen LogP contribution in [0.5, 0.6) is 0 Å². The predicted molar refractivity (Wildman–Crippen MR) is 100 cm³/mol. The van der Waals surface area contributed by atoms with Crippen molar-refractivity contribution in [1.82, 2.24) is 10.9 Å². The van der Waals surface area contributed by atoms with Gasteiger partial charge in [-0.3, -0.25) is 24.7 Å². The van der Waals surface area contributed by atoms with Crippen LogP contribution in [-0.2, 0) is 26.0 Å². The first-order chi connectivity index (χ1) is 12.3. The zero-order valence-corrected chi connectivity index (χ0v) is 15.5. The molecule has 0 aliphatic carbocycles. The van der Waals surface area contributed by atoms with E-state index in [0.29, 0.717) is 5.02 Å². The van der Waals surface area contributed by atoms with Crippen molar-refractivity contribution in [2.24, 2.45) is 0 Å². The monoisotopic (exact) mass is 395 g/mol. The Morgan fingerprint density at radius 1 is 1.00 bits per heavy atom. The molecular weight excluding hydrogens is 378 g/mol. The highest BCUT2D eigenvalue weighted by atomic mass is 35.5. The topological polar surface area (TPSA) is 95.6 Å². The van der Waals surface area contributed by atoms with Crippen molar-refractivity contribution in [2.75, 3.05) is 17.1 Å². The minimum Gasteiger partial charge on any atom is -0.273 e. The summed E-state index contributed by atoms with van der Waals surface area (Å²) in [7, 11) is -3.72. The number of hydrazine groups is 1. The van der Waals surface area contributed by atoms with Gasteiger partial charge >= 0.3 is 0 Å². The summed E-state index contributed by atoms with van der Waals surface area (Å²) in [4.78, 5) is 23.9. The van der Waals surface area contributed by atoms with Gasteiger partial charge < -0.3 is 0 Å². The van der Waals surface area contributed by atoms with Crippen LogP contribution in [0, 0.1) is 0 Å². The number of sulfonamides is 1. The highest BCUT2D eigenvalue weighted by molar-refractivity contribution is 7.92. The van der Waals surface area contributed by atoms with Gasteiger partial charge in [-0.1, -0.05) is 48.0 Å². The second-order valence-corrected chi connectivity index (χ2v) is 7.85. The van der Waals surface area contributed by atoms with Gasteiger partial charge in [0.15, 0.2) is 0 Å². The van der Waals surface area contributed by atoms with E-state index in [4.69, 9.17) is 11.6 Å². The molecule has 2 aromatic carbocycles. The molecular formula is C17H18ClN3O4S. The molecule has 0 aliphatic rings. The predicted octanol–water partition coefficient (Wildman–Crippen LogP) is 1.50. The number of hydrogen-bond donors (Lipinski definition) is 2. The lowest BCUT2D eigenvalue weighted by Gasteiger charge is -2.22. The molecule has 2 rings (SSSR count). The maximum Gasteiger partial charge on any atom is 0.259 e. The second kappa shape index (κ2) is 8.68. The van der Waals surface area contributed by atoms with Crippen molar-refractivity contribution in [2.45, 2.75) is 6.42 Å².